The van der Waals surface area contributed by atoms with Gasteiger partial charge in [0.1, 0.15) is 0 Å². The standard InChI is InChI=1S/C14H25N3O/c1-3-14-12(10-17(2)16-14)13(15)8-4-6-11-7-5-9-18-11/h10-11,13H,3-9,15H2,1-2H3. The smallest absolute Gasteiger partial charge is 0.0669 e. The van der Waals surface area contributed by atoms with Crippen molar-refractivity contribution in [1.29, 1.82) is 0 Å². The Morgan fingerprint density at radius 3 is 3.11 bits per heavy atom. The fourth-order valence-electron chi connectivity index (χ4n) is 2.73. The van der Waals surface area contributed by atoms with Crippen LogP contribution in [0.15, 0.2) is 6.20 Å². The van der Waals surface area contributed by atoms with E-state index in [1.165, 1.54) is 18.4 Å². The van der Waals surface area contributed by atoms with Crippen molar-refractivity contribution >= 4 is 0 Å². The summed E-state index contributed by atoms with van der Waals surface area (Å²) in [5, 5.41) is 4.45. The number of aromatic nitrogens is 2. The van der Waals surface area contributed by atoms with E-state index in [-0.39, 0.29) is 6.04 Å². The number of nitrogens with two attached hydrogens (primary N) is 1. The molecule has 1 saturated heterocycles. The Kier molecular flexibility index (Phi) is 4.78. The maximum absolute atomic E-state index is 6.28. The van der Waals surface area contributed by atoms with Gasteiger partial charge in [-0.25, -0.2) is 0 Å². The monoisotopic (exact) mass is 251 g/mol. The fourth-order valence-corrected chi connectivity index (χ4v) is 2.73. The van der Waals surface area contributed by atoms with Crippen molar-refractivity contribution in [2.75, 3.05) is 6.61 Å². The third-order valence-corrected chi connectivity index (χ3v) is 3.74. The van der Waals surface area contributed by atoms with E-state index in [2.05, 4.69) is 18.2 Å². The van der Waals surface area contributed by atoms with Crippen molar-refractivity contribution in [2.24, 2.45) is 12.8 Å². The maximum Gasteiger partial charge on any atom is 0.0669 e. The molecular weight excluding hydrogens is 226 g/mol. The van der Waals surface area contributed by atoms with Crippen molar-refractivity contribution in [3.8, 4) is 0 Å². The lowest BCUT2D eigenvalue weighted by molar-refractivity contribution is 0.101. The summed E-state index contributed by atoms with van der Waals surface area (Å²) in [5.41, 5.74) is 8.63. The van der Waals surface area contributed by atoms with Crippen LogP contribution >= 0.6 is 0 Å². The highest BCUT2D eigenvalue weighted by Gasteiger charge is 2.17. The molecule has 0 aliphatic carbocycles. The average Bonchev–Trinajstić information content (AvgIpc) is 2.98. The Morgan fingerprint density at radius 1 is 1.61 bits per heavy atom. The summed E-state index contributed by atoms with van der Waals surface area (Å²) < 4.78 is 7.50. The molecule has 1 fully saturated rings. The average molecular weight is 251 g/mol. The first-order valence-corrected chi connectivity index (χ1v) is 7.10. The van der Waals surface area contributed by atoms with E-state index < -0.39 is 0 Å². The van der Waals surface area contributed by atoms with Crippen molar-refractivity contribution in [3.05, 3.63) is 17.5 Å². The van der Waals surface area contributed by atoms with Crippen LogP contribution in [0.1, 0.15) is 56.3 Å². The zero-order valence-corrected chi connectivity index (χ0v) is 11.6. The van der Waals surface area contributed by atoms with Gasteiger partial charge in [0.2, 0.25) is 0 Å². The van der Waals surface area contributed by atoms with Gasteiger partial charge in [-0.3, -0.25) is 4.68 Å². The zero-order valence-electron chi connectivity index (χ0n) is 11.6. The molecule has 1 aromatic rings. The van der Waals surface area contributed by atoms with Gasteiger partial charge in [-0.05, 0) is 38.5 Å². The molecule has 1 aromatic heterocycles. The Hall–Kier alpha value is -0.870. The maximum atomic E-state index is 6.28. The number of rotatable bonds is 6. The van der Waals surface area contributed by atoms with E-state index in [9.17, 15) is 0 Å². The Morgan fingerprint density at radius 2 is 2.44 bits per heavy atom. The van der Waals surface area contributed by atoms with E-state index in [4.69, 9.17) is 10.5 Å². The number of hydrogen-bond donors (Lipinski definition) is 1. The molecule has 102 valence electrons. The molecule has 2 N–H and O–H groups in total. The highest BCUT2D eigenvalue weighted by molar-refractivity contribution is 5.20. The van der Waals surface area contributed by atoms with Crippen molar-refractivity contribution in [1.82, 2.24) is 9.78 Å². The Labute approximate surface area is 110 Å². The minimum Gasteiger partial charge on any atom is -0.378 e. The molecule has 1 aliphatic heterocycles. The van der Waals surface area contributed by atoms with Gasteiger partial charge in [0.05, 0.1) is 11.8 Å². The lowest BCUT2D eigenvalue weighted by atomic mass is 10.00. The first kappa shape index (κ1) is 13.6. The van der Waals surface area contributed by atoms with Gasteiger partial charge in [0, 0.05) is 31.5 Å². The lowest BCUT2D eigenvalue weighted by Gasteiger charge is -2.13. The predicted molar refractivity (Wildman–Crippen MR) is 72.3 cm³/mol. The van der Waals surface area contributed by atoms with Crippen molar-refractivity contribution in [3.63, 3.8) is 0 Å². The van der Waals surface area contributed by atoms with Crippen LogP contribution in [0.5, 0.6) is 0 Å². The highest BCUT2D eigenvalue weighted by Crippen LogP contribution is 2.23. The largest absolute Gasteiger partial charge is 0.378 e. The number of nitrogens with zero attached hydrogens (tertiary/aromatic N) is 2. The van der Waals surface area contributed by atoms with Gasteiger partial charge in [-0.15, -0.1) is 0 Å². The molecular formula is C14H25N3O. The Balaban J connectivity index is 1.81. The van der Waals surface area contributed by atoms with E-state index in [0.717, 1.165) is 38.0 Å². The SMILES string of the molecule is CCc1nn(C)cc1C(N)CCCC1CCCO1. The van der Waals surface area contributed by atoms with Gasteiger partial charge in [-0.2, -0.15) is 5.10 Å². The van der Waals surface area contributed by atoms with E-state index >= 15 is 0 Å². The number of ether oxygens (including phenoxy) is 1. The van der Waals surface area contributed by atoms with Gasteiger partial charge in [0.25, 0.3) is 0 Å². The molecule has 0 spiro atoms. The van der Waals surface area contributed by atoms with Crippen LogP contribution < -0.4 is 5.73 Å². The first-order chi connectivity index (χ1) is 8.70. The third-order valence-electron chi connectivity index (χ3n) is 3.74. The van der Waals surface area contributed by atoms with Gasteiger partial charge >= 0.3 is 0 Å². The quantitative estimate of drug-likeness (QED) is 0.844. The van der Waals surface area contributed by atoms with E-state index in [0.29, 0.717) is 6.10 Å². The predicted octanol–water partition coefficient (Wildman–Crippen LogP) is 2.33. The minimum atomic E-state index is 0.120. The minimum absolute atomic E-state index is 0.120. The summed E-state index contributed by atoms with van der Waals surface area (Å²) in [5.74, 6) is 0. The summed E-state index contributed by atoms with van der Waals surface area (Å²) in [6, 6.07) is 0.120. The first-order valence-electron chi connectivity index (χ1n) is 7.10. The molecule has 0 radical (unpaired) electrons. The van der Waals surface area contributed by atoms with E-state index in [1.54, 1.807) is 0 Å². The van der Waals surface area contributed by atoms with Crippen molar-refractivity contribution in [2.45, 2.75) is 57.6 Å². The molecule has 2 rings (SSSR count). The fraction of sp³-hybridized carbons (Fsp3) is 0.786. The second-order valence-electron chi connectivity index (χ2n) is 5.23. The van der Waals surface area contributed by atoms with Crippen LogP contribution in [-0.2, 0) is 18.2 Å². The van der Waals surface area contributed by atoms with Crippen LogP contribution in [0.3, 0.4) is 0 Å². The van der Waals surface area contributed by atoms with E-state index in [1.807, 2.05) is 11.7 Å². The molecule has 2 unspecified atom stereocenters. The van der Waals surface area contributed by atoms with Crippen LogP contribution in [0, 0.1) is 0 Å². The molecule has 1 aliphatic rings. The number of hydrogen-bond acceptors (Lipinski definition) is 3. The van der Waals surface area contributed by atoms with Crippen molar-refractivity contribution < 1.29 is 4.74 Å². The highest BCUT2D eigenvalue weighted by atomic mass is 16.5. The summed E-state index contributed by atoms with van der Waals surface area (Å²) >= 11 is 0. The molecule has 0 amide bonds. The zero-order chi connectivity index (χ0) is 13.0. The summed E-state index contributed by atoms with van der Waals surface area (Å²) in [6.45, 7) is 3.07. The summed E-state index contributed by atoms with van der Waals surface area (Å²) in [7, 11) is 1.96. The van der Waals surface area contributed by atoms with Crippen LogP contribution in [-0.4, -0.2) is 22.5 Å². The Bertz CT molecular complexity index is 369. The molecule has 0 aromatic carbocycles. The van der Waals surface area contributed by atoms with Crippen LogP contribution in [0.2, 0.25) is 0 Å². The third kappa shape index (κ3) is 3.33. The normalized spacial score (nSPS) is 21.4. The second kappa shape index (κ2) is 6.34. The molecule has 0 bridgehead atoms. The number of aryl methyl sites for hydroxylation is 2. The molecule has 4 heteroatoms. The molecule has 0 saturated carbocycles. The molecule has 2 heterocycles. The van der Waals surface area contributed by atoms with Crippen LogP contribution in [0.25, 0.3) is 0 Å². The van der Waals surface area contributed by atoms with Gasteiger partial charge in [-0.1, -0.05) is 6.92 Å². The lowest BCUT2D eigenvalue weighted by Crippen LogP contribution is -2.13. The topological polar surface area (TPSA) is 53.1 Å². The molecule has 2 atom stereocenters. The second-order valence-corrected chi connectivity index (χ2v) is 5.23. The van der Waals surface area contributed by atoms with Gasteiger partial charge < -0.3 is 10.5 Å². The van der Waals surface area contributed by atoms with Crippen LogP contribution in [0.4, 0.5) is 0 Å². The summed E-state index contributed by atoms with van der Waals surface area (Å²) in [4.78, 5) is 0. The molecule has 4 nitrogen and oxygen atoms in total. The van der Waals surface area contributed by atoms with Gasteiger partial charge in [0.15, 0.2) is 0 Å². The molecule has 18 heavy (non-hydrogen) atoms. The summed E-state index contributed by atoms with van der Waals surface area (Å²) in [6.07, 6.45) is 9.27.